The van der Waals surface area contributed by atoms with Crippen LogP contribution >= 0.6 is 0 Å². The zero-order valence-corrected chi connectivity index (χ0v) is 22.8. The lowest BCUT2D eigenvalue weighted by atomic mass is 10.0. The van der Waals surface area contributed by atoms with Crippen molar-refractivity contribution in [3.63, 3.8) is 0 Å². The predicted molar refractivity (Wildman–Crippen MR) is 154 cm³/mol. The van der Waals surface area contributed by atoms with Gasteiger partial charge in [0, 0.05) is 63.8 Å². The Morgan fingerprint density at radius 3 is 2.14 bits per heavy atom. The normalized spacial score (nSPS) is 15.7. The van der Waals surface area contributed by atoms with E-state index in [1.165, 1.54) is 35.5 Å². The van der Waals surface area contributed by atoms with Crippen LogP contribution in [-0.2, 0) is 0 Å². The molecule has 2 aromatic heterocycles. The molecule has 0 N–H and O–H groups in total. The first kappa shape index (κ1) is 25.3. The molecule has 1 saturated heterocycles. The first-order valence-electron chi connectivity index (χ1n) is 13.4. The van der Waals surface area contributed by atoms with Gasteiger partial charge in [-0.05, 0) is 79.5 Å². The number of fused-ring (bicyclic) bond motifs is 1. The van der Waals surface area contributed by atoms with E-state index in [0.29, 0.717) is 0 Å². The quantitative estimate of drug-likeness (QED) is 0.306. The number of anilines is 1. The maximum Gasteiger partial charge on any atom is 0.137 e. The van der Waals surface area contributed by atoms with E-state index in [-0.39, 0.29) is 6.04 Å². The van der Waals surface area contributed by atoms with Gasteiger partial charge in [-0.1, -0.05) is 19.1 Å². The highest BCUT2D eigenvalue weighted by atomic mass is 16.5. The van der Waals surface area contributed by atoms with Crippen LogP contribution in [0.4, 0.5) is 5.69 Å². The highest BCUT2D eigenvalue weighted by Gasteiger charge is 2.27. The first-order chi connectivity index (χ1) is 18.0. The van der Waals surface area contributed by atoms with Gasteiger partial charge < -0.3 is 18.9 Å². The Kier molecular flexibility index (Phi) is 7.49. The van der Waals surface area contributed by atoms with Gasteiger partial charge in [0.25, 0.3) is 0 Å². The van der Waals surface area contributed by atoms with Crippen molar-refractivity contribution in [2.24, 2.45) is 0 Å². The number of piperazine rings is 1. The zero-order chi connectivity index (χ0) is 25.9. The van der Waals surface area contributed by atoms with Gasteiger partial charge >= 0.3 is 0 Å². The van der Waals surface area contributed by atoms with E-state index in [9.17, 15) is 0 Å². The summed E-state index contributed by atoms with van der Waals surface area (Å²) in [5, 5.41) is 0. The van der Waals surface area contributed by atoms with E-state index in [1.54, 1.807) is 7.11 Å². The minimum atomic E-state index is 0.238. The molecule has 0 aliphatic carbocycles. The molecule has 0 amide bonds. The fourth-order valence-corrected chi connectivity index (χ4v) is 5.41. The van der Waals surface area contributed by atoms with Crippen molar-refractivity contribution in [1.29, 1.82) is 0 Å². The van der Waals surface area contributed by atoms with Crippen LogP contribution in [0.2, 0.25) is 0 Å². The highest BCUT2D eigenvalue weighted by Crippen LogP contribution is 2.35. The summed E-state index contributed by atoms with van der Waals surface area (Å²) in [4.78, 5) is 12.5. The standard InChI is InChI=1S/C31H39N5O/c1-6-17-34-18-20-35(21-19-34)23(2)31-30(25-9-14-28(37-5)15-10-25)32-29-16-11-26(22-36(29)31)24-7-12-27(13-8-24)33(3)4/h7-16,22-23H,6,17-21H2,1-5H3. The summed E-state index contributed by atoms with van der Waals surface area (Å²) >= 11 is 0. The van der Waals surface area contributed by atoms with Crippen LogP contribution in [0.5, 0.6) is 5.75 Å². The fourth-order valence-electron chi connectivity index (χ4n) is 5.41. The summed E-state index contributed by atoms with van der Waals surface area (Å²) in [7, 11) is 5.85. The fraction of sp³-hybridized carbons (Fsp3) is 0.387. The van der Waals surface area contributed by atoms with Gasteiger partial charge in [0.2, 0.25) is 0 Å². The van der Waals surface area contributed by atoms with Gasteiger partial charge in [0.05, 0.1) is 18.5 Å². The second-order valence-electron chi connectivity index (χ2n) is 10.2. The predicted octanol–water partition coefficient (Wildman–Crippen LogP) is 5.83. The zero-order valence-electron chi connectivity index (χ0n) is 22.8. The molecule has 1 atom stereocenters. The summed E-state index contributed by atoms with van der Waals surface area (Å²) in [6, 6.07) is 21.6. The molecule has 6 nitrogen and oxygen atoms in total. The molecule has 37 heavy (non-hydrogen) atoms. The number of hydrogen-bond acceptors (Lipinski definition) is 5. The van der Waals surface area contributed by atoms with Crippen molar-refractivity contribution < 1.29 is 4.74 Å². The number of ether oxygens (including phenoxy) is 1. The molecule has 2 aromatic carbocycles. The van der Waals surface area contributed by atoms with Crippen molar-refractivity contribution in [2.75, 3.05) is 58.8 Å². The highest BCUT2D eigenvalue weighted by molar-refractivity contribution is 5.71. The minimum Gasteiger partial charge on any atom is -0.497 e. The number of rotatable bonds is 8. The van der Waals surface area contributed by atoms with Gasteiger partial charge in [-0.2, -0.15) is 0 Å². The van der Waals surface area contributed by atoms with Crippen LogP contribution in [0, 0.1) is 0 Å². The summed E-state index contributed by atoms with van der Waals surface area (Å²) in [6.07, 6.45) is 3.47. The summed E-state index contributed by atoms with van der Waals surface area (Å²) in [5.41, 5.74) is 7.99. The van der Waals surface area contributed by atoms with Crippen LogP contribution in [-0.4, -0.2) is 73.1 Å². The van der Waals surface area contributed by atoms with Crippen molar-refractivity contribution in [3.8, 4) is 28.1 Å². The minimum absolute atomic E-state index is 0.238. The molecule has 6 heteroatoms. The summed E-state index contributed by atoms with van der Waals surface area (Å²) < 4.78 is 7.73. The molecule has 4 aromatic rings. The number of nitrogens with zero attached hydrogens (tertiary/aromatic N) is 5. The summed E-state index contributed by atoms with van der Waals surface area (Å²) in [5.74, 6) is 0.859. The average Bonchev–Trinajstić information content (AvgIpc) is 3.32. The molecular formula is C31H39N5O. The second-order valence-corrected chi connectivity index (χ2v) is 10.2. The van der Waals surface area contributed by atoms with E-state index < -0.39 is 0 Å². The van der Waals surface area contributed by atoms with E-state index in [2.05, 4.69) is 102 Å². The molecule has 1 aliphatic rings. The van der Waals surface area contributed by atoms with Crippen LogP contribution in [0.1, 0.15) is 32.0 Å². The van der Waals surface area contributed by atoms with Gasteiger partial charge in [0.1, 0.15) is 11.4 Å². The monoisotopic (exact) mass is 497 g/mol. The smallest absolute Gasteiger partial charge is 0.137 e. The number of hydrogen-bond donors (Lipinski definition) is 0. The number of imidazole rings is 1. The third-order valence-electron chi connectivity index (χ3n) is 7.63. The van der Waals surface area contributed by atoms with Gasteiger partial charge in [0.15, 0.2) is 0 Å². The van der Waals surface area contributed by atoms with Crippen molar-refractivity contribution in [1.82, 2.24) is 19.2 Å². The molecule has 3 heterocycles. The molecule has 0 saturated carbocycles. The Bertz CT molecular complexity index is 1320. The average molecular weight is 498 g/mol. The molecular weight excluding hydrogens is 458 g/mol. The van der Waals surface area contributed by atoms with Crippen LogP contribution in [0.15, 0.2) is 66.9 Å². The SMILES string of the molecule is CCCN1CCN(C(C)c2c(-c3ccc(OC)cc3)nc3ccc(-c4ccc(N(C)C)cc4)cn23)CC1. The Morgan fingerprint density at radius 1 is 0.865 bits per heavy atom. The Hall–Kier alpha value is -3.35. The lowest BCUT2D eigenvalue weighted by Gasteiger charge is -2.38. The molecule has 5 rings (SSSR count). The van der Waals surface area contributed by atoms with Crippen LogP contribution < -0.4 is 9.64 Å². The Balaban J connectivity index is 1.57. The van der Waals surface area contributed by atoms with Gasteiger partial charge in [-0.15, -0.1) is 0 Å². The van der Waals surface area contributed by atoms with E-state index in [0.717, 1.165) is 48.8 Å². The molecule has 194 valence electrons. The number of pyridine rings is 1. The van der Waals surface area contributed by atoms with Gasteiger partial charge in [-0.25, -0.2) is 4.98 Å². The van der Waals surface area contributed by atoms with E-state index in [4.69, 9.17) is 9.72 Å². The van der Waals surface area contributed by atoms with Crippen LogP contribution in [0.25, 0.3) is 28.0 Å². The van der Waals surface area contributed by atoms with Crippen molar-refractivity contribution in [2.45, 2.75) is 26.3 Å². The molecule has 1 unspecified atom stereocenters. The van der Waals surface area contributed by atoms with E-state index in [1.807, 2.05) is 12.1 Å². The third-order valence-corrected chi connectivity index (χ3v) is 7.63. The lowest BCUT2D eigenvalue weighted by molar-refractivity contribution is 0.101. The van der Waals surface area contributed by atoms with Crippen LogP contribution in [0.3, 0.4) is 0 Å². The third kappa shape index (κ3) is 5.22. The first-order valence-corrected chi connectivity index (χ1v) is 13.4. The maximum absolute atomic E-state index is 5.41. The molecule has 0 radical (unpaired) electrons. The number of aromatic nitrogens is 2. The van der Waals surface area contributed by atoms with Crippen molar-refractivity contribution >= 4 is 11.3 Å². The number of methoxy groups -OCH3 is 1. The Labute approximate surface area is 221 Å². The molecule has 1 fully saturated rings. The topological polar surface area (TPSA) is 36.2 Å². The van der Waals surface area contributed by atoms with E-state index >= 15 is 0 Å². The summed E-state index contributed by atoms with van der Waals surface area (Å²) in [6.45, 7) is 10.2. The second kappa shape index (κ2) is 11.0. The largest absolute Gasteiger partial charge is 0.497 e. The maximum atomic E-state index is 5.41. The molecule has 1 aliphatic heterocycles. The molecule has 0 bridgehead atoms. The molecule has 0 spiro atoms. The lowest BCUT2D eigenvalue weighted by Crippen LogP contribution is -2.47. The van der Waals surface area contributed by atoms with Gasteiger partial charge in [-0.3, -0.25) is 4.90 Å². The number of benzene rings is 2. The van der Waals surface area contributed by atoms with Crippen molar-refractivity contribution in [3.05, 3.63) is 72.6 Å². The Morgan fingerprint density at radius 2 is 1.51 bits per heavy atom.